The molecule has 3 rings (SSSR count). The Morgan fingerprint density at radius 3 is 2.42 bits per heavy atom. The van der Waals surface area contributed by atoms with Gasteiger partial charge in [0.25, 0.3) is 0 Å². The predicted octanol–water partition coefficient (Wildman–Crippen LogP) is 2.33. The highest BCUT2D eigenvalue weighted by atomic mass is 19.2. The Bertz CT molecular complexity index is 582. The van der Waals surface area contributed by atoms with Crippen LogP contribution in [0.25, 0.3) is 0 Å². The summed E-state index contributed by atoms with van der Waals surface area (Å²) in [6.07, 6.45) is 3.45. The monoisotopic (exact) mass is 338 g/mol. The van der Waals surface area contributed by atoms with Gasteiger partial charge < -0.3 is 10.0 Å². The van der Waals surface area contributed by atoms with E-state index >= 15 is 0 Å². The molecule has 1 atom stereocenters. The minimum atomic E-state index is -0.946. The number of carbonyl (C=O) groups excluding carboxylic acids is 1. The highest BCUT2D eigenvalue weighted by Gasteiger charge is 2.29. The fourth-order valence-corrected chi connectivity index (χ4v) is 3.65. The van der Waals surface area contributed by atoms with Crippen molar-refractivity contribution < 1.29 is 18.7 Å². The zero-order valence-electron chi connectivity index (χ0n) is 13.8. The molecule has 0 aromatic heterocycles. The third kappa shape index (κ3) is 3.92. The molecule has 2 fully saturated rings. The van der Waals surface area contributed by atoms with Gasteiger partial charge in [-0.15, -0.1) is 0 Å². The zero-order chi connectivity index (χ0) is 17.1. The van der Waals surface area contributed by atoms with E-state index in [0.717, 1.165) is 37.8 Å². The van der Waals surface area contributed by atoms with Gasteiger partial charge in [0.2, 0.25) is 5.91 Å². The molecule has 1 heterocycles. The van der Waals surface area contributed by atoms with E-state index in [0.29, 0.717) is 38.3 Å². The third-order valence-electron chi connectivity index (χ3n) is 5.15. The molecule has 1 amide bonds. The van der Waals surface area contributed by atoms with Gasteiger partial charge >= 0.3 is 0 Å². The van der Waals surface area contributed by atoms with E-state index in [1.807, 2.05) is 4.90 Å². The lowest BCUT2D eigenvalue weighted by atomic mass is 10.1. The van der Waals surface area contributed by atoms with Crippen molar-refractivity contribution in [3.63, 3.8) is 0 Å². The molecule has 1 aromatic carbocycles. The van der Waals surface area contributed by atoms with Gasteiger partial charge in [0, 0.05) is 38.6 Å². The Labute approximate surface area is 141 Å². The Morgan fingerprint density at radius 1 is 1.12 bits per heavy atom. The van der Waals surface area contributed by atoms with Crippen LogP contribution < -0.4 is 0 Å². The van der Waals surface area contributed by atoms with E-state index in [9.17, 15) is 18.7 Å². The highest BCUT2D eigenvalue weighted by Crippen LogP contribution is 2.27. The first-order chi connectivity index (χ1) is 11.5. The van der Waals surface area contributed by atoms with Crippen molar-refractivity contribution in [1.29, 1.82) is 0 Å². The highest BCUT2D eigenvalue weighted by molar-refractivity contribution is 5.79. The minimum absolute atomic E-state index is 0.198. The first kappa shape index (κ1) is 17.3. The second kappa shape index (κ2) is 7.57. The van der Waals surface area contributed by atoms with Gasteiger partial charge in [-0.25, -0.2) is 8.78 Å². The summed E-state index contributed by atoms with van der Waals surface area (Å²) in [4.78, 5) is 16.4. The van der Waals surface area contributed by atoms with Gasteiger partial charge in [0.15, 0.2) is 11.6 Å². The maximum Gasteiger partial charge on any atom is 0.225 e. The van der Waals surface area contributed by atoms with Crippen molar-refractivity contribution >= 4 is 5.91 Å². The van der Waals surface area contributed by atoms with E-state index in [4.69, 9.17) is 0 Å². The van der Waals surface area contributed by atoms with Crippen LogP contribution in [-0.4, -0.2) is 53.5 Å². The number of β-amino-alcohol motifs (C(OH)–C–C–N with tert-alkyl or cyclic N) is 1. The average molecular weight is 338 g/mol. The van der Waals surface area contributed by atoms with E-state index in [1.54, 1.807) is 0 Å². The Morgan fingerprint density at radius 2 is 1.79 bits per heavy atom. The number of piperazine rings is 1. The summed E-state index contributed by atoms with van der Waals surface area (Å²) >= 11 is 0. The molecule has 0 radical (unpaired) electrons. The van der Waals surface area contributed by atoms with Crippen LogP contribution in [0.15, 0.2) is 18.2 Å². The molecule has 1 N–H and O–H groups in total. The Hall–Kier alpha value is -1.53. The molecule has 24 heavy (non-hydrogen) atoms. The fraction of sp³-hybridized carbons (Fsp3) is 0.611. The van der Waals surface area contributed by atoms with E-state index in [2.05, 4.69) is 4.90 Å². The third-order valence-corrected chi connectivity index (χ3v) is 5.15. The maximum absolute atomic E-state index is 13.3. The summed E-state index contributed by atoms with van der Waals surface area (Å²) < 4.78 is 26.2. The van der Waals surface area contributed by atoms with Gasteiger partial charge in [0.1, 0.15) is 0 Å². The molecule has 1 aliphatic carbocycles. The molecule has 132 valence electrons. The molecule has 0 spiro atoms. The van der Waals surface area contributed by atoms with Gasteiger partial charge in [-0.3, -0.25) is 9.69 Å². The molecule has 1 saturated heterocycles. The average Bonchev–Trinajstić information content (AvgIpc) is 3.12. The normalized spacial score (nSPS) is 21.2. The second-order valence-corrected chi connectivity index (χ2v) is 6.80. The number of amides is 1. The SMILES string of the molecule is O=C(C1CCCC1)N1CCN(C[C@H](O)c2ccc(F)c(F)c2)CC1. The number of aliphatic hydroxyl groups is 1. The second-order valence-electron chi connectivity index (χ2n) is 6.80. The molecule has 4 nitrogen and oxygen atoms in total. The van der Waals surface area contributed by atoms with Gasteiger partial charge in [-0.1, -0.05) is 18.9 Å². The first-order valence-electron chi connectivity index (χ1n) is 8.69. The van der Waals surface area contributed by atoms with Crippen molar-refractivity contribution in [1.82, 2.24) is 9.80 Å². The first-order valence-corrected chi connectivity index (χ1v) is 8.69. The van der Waals surface area contributed by atoms with Crippen molar-refractivity contribution in [3.8, 4) is 0 Å². The van der Waals surface area contributed by atoms with Crippen LogP contribution in [0.4, 0.5) is 8.78 Å². The minimum Gasteiger partial charge on any atom is -0.387 e. The number of nitrogens with zero attached hydrogens (tertiary/aromatic N) is 2. The lowest BCUT2D eigenvalue weighted by molar-refractivity contribution is -0.137. The molecule has 2 aliphatic rings. The summed E-state index contributed by atoms with van der Waals surface area (Å²) in [5.41, 5.74) is 0.373. The van der Waals surface area contributed by atoms with Gasteiger partial charge in [-0.2, -0.15) is 0 Å². The molecule has 1 saturated carbocycles. The molecule has 0 unspecified atom stereocenters. The summed E-state index contributed by atoms with van der Waals surface area (Å²) in [5.74, 6) is -1.39. The molecule has 1 aliphatic heterocycles. The number of benzene rings is 1. The summed E-state index contributed by atoms with van der Waals surface area (Å²) in [6.45, 7) is 3.08. The van der Waals surface area contributed by atoms with Crippen LogP contribution in [-0.2, 0) is 4.79 Å². The predicted molar refractivity (Wildman–Crippen MR) is 86.3 cm³/mol. The van der Waals surface area contributed by atoms with Crippen LogP contribution in [0.3, 0.4) is 0 Å². The quantitative estimate of drug-likeness (QED) is 0.916. The maximum atomic E-state index is 13.3. The Balaban J connectivity index is 1.49. The van der Waals surface area contributed by atoms with Crippen LogP contribution in [0.1, 0.15) is 37.4 Å². The summed E-state index contributed by atoms with van der Waals surface area (Å²) in [5, 5.41) is 10.2. The zero-order valence-corrected chi connectivity index (χ0v) is 13.8. The van der Waals surface area contributed by atoms with Crippen LogP contribution >= 0.6 is 0 Å². The van der Waals surface area contributed by atoms with Crippen molar-refractivity contribution in [2.45, 2.75) is 31.8 Å². The van der Waals surface area contributed by atoms with Crippen LogP contribution in [0.2, 0.25) is 0 Å². The number of hydrogen-bond donors (Lipinski definition) is 1. The standard InChI is InChI=1S/C18H24F2N2O2/c19-15-6-5-14(11-16(15)20)17(23)12-21-7-9-22(10-8-21)18(24)13-3-1-2-4-13/h5-6,11,13,17,23H,1-4,7-10,12H2/t17-/m0/s1. The summed E-state index contributed by atoms with van der Waals surface area (Å²) in [7, 11) is 0. The van der Waals surface area contributed by atoms with Crippen molar-refractivity contribution in [2.24, 2.45) is 5.92 Å². The van der Waals surface area contributed by atoms with Crippen LogP contribution in [0.5, 0.6) is 0 Å². The van der Waals surface area contributed by atoms with E-state index < -0.39 is 17.7 Å². The number of aliphatic hydroxyl groups excluding tert-OH is 1. The lowest BCUT2D eigenvalue weighted by Gasteiger charge is -2.36. The van der Waals surface area contributed by atoms with E-state index in [-0.39, 0.29) is 11.8 Å². The topological polar surface area (TPSA) is 43.8 Å². The molecule has 0 bridgehead atoms. The fourth-order valence-electron chi connectivity index (χ4n) is 3.65. The largest absolute Gasteiger partial charge is 0.387 e. The molecule has 1 aromatic rings. The van der Waals surface area contributed by atoms with Gasteiger partial charge in [0.05, 0.1) is 6.10 Å². The lowest BCUT2D eigenvalue weighted by Crippen LogP contribution is -2.50. The number of carbonyl (C=O) groups is 1. The molecular formula is C18H24F2N2O2. The summed E-state index contributed by atoms with van der Waals surface area (Å²) in [6, 6.07) is 3.48. The van der Waals surface area contributed by atoms with Crippen molar-refractivity contribution in [3.05, 3.63) is 35.4 Å². The van der Waals surface area contributed by atoms with Crippen LogP contribution in [0, 0.1) is 17.6 Å². The van der Waals surface area contributed by atoms with Gasteiger partial charge in [-0.05, 0) is 30.5 Å². The number of halogens is 2. The van der Waals surface area contributed by atoms with Crippen molar-refractivity contribution in [2.75, 3.05) is 32.7 Å². The molecule has 6 heteroatoms. The Kier molecular flexibility index (Phi) is 5.46. The number of rotatable bonds is 4. The smallest absolute Gasteiger partial charge is 0.225 e. The number of hydrogen-bond acceptors (Lipinski definition) is 3. The van der Waals surface area contributed by atoms with E-state index in [1.165, 1.54) is 6.07 Å². The molecular weight excluding hydrogens is 314 g/mol.